The molecular formula is C28H33N5O5. The molecular weight excluding hydrogens is 486 g/mol. The zero-order valence-electron chi connectivity index (χ0n) is 21.7. The van der Waals surface area contributed by atoms with Crippen LogP contribution >= 0.6 is 0 Å². The molecule has 3 rings (SSSR count). The summed E-state index contributed by atoms with van der Waals surface area (Å²) < 4.78 is 5.79. The normalized spacial score (nSPS) is 11.2. The molecule has 10 heteroatoms. The van der Waals surface area contributed by atoms with Crippen LogP contribution in [0.1, 0.15) is 16.8 Å². The number of carbonyl (C=O) groups is 3. The Bertz CT molecular complexity index is 1220. The van der Waals surface area contributed by atoms with Crippen molar-refractivity contribution in [1.29, 1.82) is 0 Å². The van der Waals surface area contributed by atoms with Crippen molar-refractivity contribution in [1.82, 2.24) is 15.7 Å². The first-order valence-electron chi connectivity index (χ1n) is 12.2. The number of likely N-dealkylation sites (N-methyl/N-ethyl adjacent to an activating group) is 2. The number of rotatable bonds is 12. The van der Waals surface area contributed by atoms with E-state index in [-0.39, 0.29) is 0 Å². The minimum atomic E-state index is -1.51. The highest BCUT2D eigenvalue weighted by atomic mass is 16.5. The van der Waals surface area contributed by atoms with Gasteiger partial charge in [0.2, 0.25) is 0 Å². The highest BCUT2D eigenvalue weighted by Gasteiger charge is 2.33. The predicted molar refractivity (Wildman–Crippen MR) is 146 cm³/mol. The van der Waals surface area contributed by atoms with Gasteiger partial charge in [-0.1, -0.05) is 30.3 Å². The zero-order chi connectivity index (χ0) is 27.5. The summed E-state index contributed by atoms with van der Waals surface area (Å²) >= 11 is 0. The summed E-state index contributed by atoms with van der Waals surface area (Å²) in [5, 5.41) is 17.7. The smallest absolute Gasteiger partial charge is 0.275 e. The molecule has 0 fully saturated rings. The quantitative estimate of drug-likeness (QED) is 0.108. The largest absolute Gasteiger partial charge is 0.493 e. The Kier molecular flexibility index (Phi) is 10.1. The van der Waals surface area contributed by atoms with E-state index in [4.69, 9.17) is 9.94 Å². The highest BCUT2D eigenvalue weighted by molar-refractivity contribution is 6.08. The maximum atomic E-state index is 12.8. The number of anilines is 2. The Morgan fingerprint density at radius 3 is 2.16 bits per heavy atom. The highest BCUT2D eigenvalue weighted by Crippen LogP contribution is 2.23. The molecule has 200 valence electrons. The minimum Gasteiger partial charge on any atom is -0.493 e. The molecule has 0 saturated carbocycles. The second-order valence-electron chi connectivity index (χ2n) is 8.47. The average molecular weight is 520 g/mol. The van der Waals surface area contributed by atoms with Crippen LogP contribution in [0.4, 0.5) is 11.4 Å². The van der Waals surface area contributed by atoms with Crippen LogP contribution in [0.3, 0.4) is 0 Å². The molecule has 0 aliphatic carbocycles. The fourth-order valence-electron chi connectivity index (χ4n) is 3.81. The van der Waals surface area contributed by atoms with Crippen molar-refractivity contribution in [3.8, 4) is 16.9 Å². The van der Waals surface area contributed by atoms with E-state index in [0.717, 1.165) is 46.1 Å². The number of hydrogen-bond acceptors (Lipinski definition) is 7. The van der Waals surface area contributed by atoms with Gasteiger partial charge in [-0.15, -0.1) is 0 Å². The Morgan fingerprint density at radius 2 is 1.55 bits per heavy atom. The van der Waals surface area contributed by atoms with E-state index in [1.165, 1.54) is 19.6 Å². The summed E-state index contributed by atoms with van der Waals surface area (Å²) in [6.07, 6.45) is 0.843. The van der Waals surface area contributed by atoms with Gasteiger partial charge in [0.05, 0.1) is 6.61 Å². The van der Waals surface area contributed by atoms with Crippen LogP contribution in [-0.4, -0.2) is 68.2 Å². The van der Waals surface area contributed by atoms with Crippen molar-refractivity contribution < 1.29 is 24.3 Å². The molecule has 0 saturated heterocycles. The van der Waals surface area contributed by atoms with Gasteiger partial charge >= 0.3 is 0 Å². The van der Waals surface area contributed by atoms with Gasteiger partial charge < -0.3 is 25.6 Å². The first kappa shape index (κ1) is 28.0. The number of hydrogen-bond donors (Lipinski definition) is 5. The molecule has 5 N–H and O–H groups in total. The van der Waals surface area contributed by atoms with Crippen LogP contribution in [0.25, 0.3) is 11.1 Å². The van der Waals surface area contributed by atoms with Crippen molar-refractivity contribution in [2.24, 2.45) is 0 Å². The summed E-state index contributed by atoms with van der Waals surface area (Å²) in [6.45, 7) is 1.37. The number of benzene rings is 3. The summed E-state index contributed by atoms with van der Waals surface area (Å²) in [4.78, 5) is 37.8. The van der Waals surface area contributed by atoms with Gasteiger partial charge in [0.15, 0.2) is 6.04 Å². The topological polar surface area (TPSA) is 132 Å². The van der Waals surface area contributed by atoms with Crippen molar-refractivity contribution in [2.45, 2.75) is 12.5 Å². The SMILES string of the molecule is CNC(=O)C(C(=O)NO)N(C)C(=O)c1ccc(-c2ccc(NCCCOc3cccc(NC)c3)cc2)cc1. The van der Waals surface area contributed by atoms with E-state index < -0.39 is 23.8 Å². The molecule has 3 aromatic carbocycles. The molecule has 0 heterocycles. The number of nitrogens with zero attached hydrogens (tertiary/aromatic N) is 1. The lowest BCUT2D eigenvalue weighted by atomic mass is 10.0. The summed E-state index contributed by atoms with van der Waals surface area (Å²) in [5.41, 5.74) is 5.60. The van der Waals surface area contributed by atoms with Gasteiger partial charge in [0.1, 0.15) is 5.75 Å². The lowest BCUT2D eigenvalue weighted by Gasteiger charge is -2.25. The van der Waals surface area contributed by atoms with Gasteiger partial charge in [-0.25, -0.2) is 5.48 Å². The third kappa shape index (κ3) is 7.23. The van der Waals surface area contributed by atoms with Gasteiger partial charge in [-0.3, -0.25) is 19.6 Å². The van der Waals surface area contributed by atoms with E-state index in [1.807, 2.05) is 55.6 Å². The molecule has 1 unspecified atom stereocenters. The zero-order valence-corrected chi connectivity index (χ0v) is 21.7. The maximum absolute atomic E-state index is 12.8. The van der Waals surface area contributed by atoms with E-state index in [1.54, 1.807) is 24.3 Å². The van der Waals surface area contributed by atoms with Gasteiger partial charge in [-0.2, -0.15) is 0 Å². The first-order valence-corrected chi connectivity index (χ1v) is 12.2. The Morgan fingerprint density at radius 1 is 0.895 bits per heavy atom. The lowest BCUT2D eigenvalue weighted by Crippen LogP contribution is -2.54. The predicted octanol–water partition coefficient (Wildman–Crippen LogP) is 2.97. The van der Waals surface area contributed by atoms with E-state index in [9.17, 15) is 14.4 Å². The van der Waals surface area contributed by atoms with Crippen molar-refractivity contribution in [3.05, 3.63) is 78.4 Å². The van der Waals surface area contributed by atoms with E-state index in [2.05, 4.69) is 16.0 Å². The molecule has 0 spiro atoms. The standard InChI is InChI=1S/C28H33N5O5/c1-29-23-6-4-7-24(18-23)38-17-5-16-31-22-14-12-20(13-15-22)19-8-10-21(11-9-19)28(36)33(3)25(26(34)30-2)27(35)32-37/h4,6-15,18,25,29,31,37H,5,16-17H2,1-3H3,(H,30,34)(H,32,35). The third-order valence-corrected chi connectivity index (χ3v) is 5.95. The lowest BCUT2D eigenvalue weighted by molar-refractivity contribution is -0.140. The fourth-order valence-corrected chi connectivity index (χ4v) is 3.81. The van der Waals surface area contributed by atoms with Crippen LogP contribution in [0.5, 0.6) is 5.75 Å². The van der Waals surface area contributed by atoms with Crippen molar-refractivity contribution in [3.63, 3.8) is 0 Å². The summed E-state index contributed by atoms with van der Waals surface area (Å²) in [5.74, 6) is -1.42. The first-order chi connectivity index (χ1) is 18.4. The second kappa shape index (κ2) is 13.7. The summed E-state index contributed by atoms with van der Waals surface area (Å²) in [7, 11) is 4.54. The number of nitrogens with one attached hydrogen (secondary N) is 4. The fraction of sp³-hybridized carbons (Fsp3) is 0.250. The maximum Gasteiger partial charge on any atom is 0.275 e. The second-order valence-corrected chi connectivity index (χ2v) is 8.47. The summed E-state index contributed by atoms with van der Waals surface area (Å²) in [6, 6.07) is 21.1. The van der Waals surface area contributed by atoms with Crippen LogP contribution < -0.4 is 26.2 Å². The molecule has 0 aliphatic heterocycles. The van der Waals surface area contributed by atoms with Gasteiger partial charge in [0.25, 0.3) is 17.7 Å². The Hall–Kier alpha value is -4.57. The molecule has 1 atom stereocenters. The van der Waals surface area contributed by atoms with Crippen LogP contribution in [0.15, 0.2) is 72.8 Å². The van der Waals surface area contributed by atoms with Crippen molar-refractivity contribution >= 4 is 29.1 Å². The van der Waals surface area contributed by atoms with Gasteiger partial charge in [0, 0.05) is 50.7 Å². The molecule has 0 bridgehead atoms. The van der Waals surface area contributed by atoms with E-state index in [0.29, 0.717) is 12.2 Å². The molecule has 0 radical (unpaired) electrons. The minimum absolute atomic E-state index is 0.300. The monoisotopic (exact) mass is 519 g/mol. The van der Waals surface area contributed by atoms with Crippen LogP contribution in [-0.2, 0) is 9.59 Å². The molecule has 0 aliphatic rings. The molecule has 10 nitrogen and oxygen atoms in total. The molecule has 38 heavy (non-hydrogen) atoms. The molecule has 3 amide bonds. The number of amides is 3. The molecule has 3 aromatic rings. The number of carbonyl (C=O) groups excluding carboxylic acids is 3. The Balaban J connectivity index is 1.53. The molecule has 0 aromatic heterocycles. The number of hydroxylamine groups is 1. The number of ether oxygens (including phenoxy) is 1. The Labute approximate surface area is 222 Å². The van der Waals surface area contributed by atoms with Crippen LogP contribution in [0.2, 0.25) is 0 Å². The third-order valence-electron chi connectivity index (χ3n) is 5.95. The van der Waals surface area contributed by atoms with Crippen molar-refractivity contribution in [2.75, 3.05) is 44.9 Å². The average Bonchev–Trinajstić information content (AvgIpc) is 2.96. The van der Waals surface area contributed by atoms with Crippen LogP contribution in [0, 0.1) is 0 Å². The van der Waals surface area contributed by atoms with E-state index >= 15 is 0 Å². The van der Waals surface area contributed by atoms with Gasteiger partial charge in [-0.05, 0) is 53.9 Å².